The van der Waals surface area contributed by atoms with Crippen molar-refractivity contribution in [3.8, 4) is 0 Å². The number of aromatic nitrogens is 1. The van der Waals surface area contributed by atoms with E-state index < -0.39 is 0 Å². The molecule has 0 saturated heterocycles. The second-order valence-electron chi connectivity index (χ2n) is 3.50. The summed E-state index contributed by atoms with van der Waals surface area (Å²) < 4.78 is 0. The second kappa shape index (κ2) is 7.91. The number of hydrogen-bond donors (Lipinski definition) is 1. The zero-order valence-corrected chi connectivity index (χ0v) is 10.5. The standard InChI is InChI=1S/C11H17ClN2.ClH/c1-2-3-4-5-11(13)9-6-7-14-8-10(9)12;/h6-8,11H,2-5,13H2,1H3;1H/t11-;/m0./s1. The maximum atomic E-state index is 6.02. The van der Waals surface area contributed by atoms with Crippen molar-refractivity contribution >= 4 is 24.0 Å². The van der Waals surface area contributed by atoms with Gasteiger partial charge >= 0.3 is 0 Å². The van der Waals surface area contributed by atoms with Gasteiger partial charge in [-0.05, 0) is 18.1 Å². The Labute approximate surface area is 103 Å². The van der Waals surface area contributed by atoms with E-state index in [1.54, 1.807) is 12.4 Å². The van der Waals surface area contributed by atoms with Crippen LogP contribution in [0.3, 0.4) is 0 Å². The summed E-state index contributed by atoms with van der Waals surface area (Å²) in [5.41, 5.74) is 7.04. The third kappa shape index (κ3) is 4.83. The summed E-state index contributed by atoms with van der Waals surface area (Å²) in [4.78, 5) is 3.94. The average Bonchev–Trinajstić information content (AvgIpc) is 2.18. The average molecular weight is 249 g/mol. The van der Waals surface area contributed by atoms with Crippen LogP contribution in [-0.2, 0) is 0 Å². The van der Waals surface area contributed by atoms with Crippen molar-refractivity contribution in [1.29, 1.82) is 0 Å². The smallest absolute Gasteiger partial charge is 0.0637 e. The molecule has 2 nitrogen and oxygen atoms in total. The molecule has 0 spiro atoms. The highest BCUT2D eigenvalue weighted by atomic mass is 35.5. The van der Waals surface area contributed by atoms with E-state index in [2.05, 4.69) is 11.9 Å². The molecule has 0 amide bonds. The maximum Gasteiger partial charge on any atom is 0.0637 e. The summed E-state index contributed by atoms with van der Waals surface area (Å²) >= 11 is 5.99. The summed E-state index contributed by atoms with van der Waals surface area (Å²) in [5.74, 6) is 0. The minimum absolute atomic E-state index is 0. The lowest BCUT2D eigenvalue weighted by Crippen LogP contribution is -2.10. The molecule has 15 heavy (non-hydrogen) atoms. The summed E-state index contributed by atoms with van der Waals surface area (Å²) in [6.45, 7) is 2.19. The lowest BCUT2D eigenvalue weighted by atomic mass is 10.0. The number of halogens is 2. The van der Waals surface area contributed by atoms with Gasteiger partial charge in [0.05, 0.1) is 5.02 Å². The van der Waals surface area contributed by atoms with Crippen LogP contribution in [-0.4, -0.2) is 4.98 Å². The van der Waals surface area contributed by atoms with Crippen LogP contribution in [0.25, 0.3) is 0 Å². The van der Waals surface area contributed by atoms with E-state index in [1.165, 1.54) is 12.8 Å². The molecule has 4 heteroatoms. The topological polar surface area (TPSA) is 38.9 Å². The molecule has 86 valence electrons. The quantitative estimate of drug-likeness (QED) is 0.807. The van der Waals surface area contributed by atoms with Gasteiger partial charge in [0.2, 0.25) is 0 Å². The highest BCUT2D eigenvalue weighted by molar-refractivity contribution is 6.31. The van der Waals surface area contributed by atoms with Crippen molar-refractivity contribution in [1.82, 2.24) is 4.98 Å². The highest BCUT2D eigenvalue weighted by Crippen LogP contribution is 2.23. The summed E-state index contributed by atoms with van der Waals surface area (Å²) in [5, 5.41) is 0.677. The van der Waals surface area contributed by atoms with Crippen LogP contribution in [0.5, 0.6) is 0 Å². The van der Waals surface area contributed by atoms with E-state index in [9.17, 15) is 0 Å². The molecule has 0 fully saturated rings. The van der Waals surface area contributed by atoms with Crippen molar-refractivity contribution in [2.75, 3.05) is 0 Å². The van der Waals surface area contributed by atoms with Crippen LogP contribution < -0.4 is 5.73 Å². The van der Waals surface area contributed by atoms with E-state index in [0.29, 0.717) is 5.02 Å². The minimum Gasteiger partial charge on any atom is -0.324 e. The van der Waals surface area contributed by atoms with Crippen molar-refractivity contribution in [2.24, 2.45) is 5.73 Å². The largest absolute Gasteiger partial charge is 0.324 e. The summed E-state index contributed by atoms with van der Waals surface area (Å²) in [6, 6.07) is 1.95. The van der Waals surface area contributed by atoms with Crippen molar-refractivity contribution in [2.45, 2.75) is 38.6 Å². The zero-order valence-electron chi connectivity index (χ0n) is 8.95. The van der Waals surface area contributed by atoms with E-state index in [4.69, 9.17) is 17.3 Å². The van der Waals surface area contributed by atoms with Gasteiger partial charge in [-0.25, -0.2) is 0 Å². The fourth-order valence-electron chi connectivity index (χ4n) is 1.46. The Morgan fingerprint density at radius 1 is 1.47 bits per heavy atom. The SMILES string of the molecule is CCCCC[C@H](N)c1ccncc1Cl.Cl. The summed E-state index contributed by atoms with van der Waals surface area (Å²) in [6.07, 6.45) is 8.00. The Morgan fingerprint density at radius 3 is 2.80 bits per heavy atom. The highest BCUT2D eigenvalue weighted by Gasteiger charge is 2.08. The summed E-state index contributed by atoms with van der Waals surface area (Å²) in [7, 11) is 0. The molecule has 1 aromatic rings. The maximum absolute atomic E-state index is 6.02. The normalized spacial score (nSPS) is 11.9. The molecular formula is C11H18Cl2N2. The van der Waals surface area contributed by atoms with E-state index in [-0.39, 0.29) is 18.4 Å². The van der Waals surface area contributed by atoms with Gasteiger partial charge in [-0.3, -0.25) is 4.98 Å². The first-order valence-electron chi connectivity index (χ1n) is 5.10. The molecule has 0 saturated carbocycles. The molecule has 1 rings (SSSR count). The van der Waals surface area contributed by atoms with Gasteiger partial charge in [-0.2, -0.15) is 0 Å². The van der Waals surface area contributed by atoms with E-state index >= 15 is 0 Å². The van der Waals surface area contributed by atoms with Crippen LogP contribution in [0.4, 0.5) is 0 Å². The Bertz CT molecular complexity index is 279. The zero-order chi connectivity index (χ0) is 10.4. The molecular weight excluding hydrogens is 231 g/mol. The molecule has 1 heterocycles. The number of hydrogen-bond acceptors (Lipinski definition) is 2. The first-order chi connectivity index (χ1) is 6.75. The third-order valence-electron chi connectivity index (χ3n) is 2.32. The van der Waals surface area contributed by atoms with E-state index in [0.717, 1.165) is 18.4 Å². The number of unbranched alkanes of at least 4 members (excludes halogenated alkanes) is 2. The third-order valence-corrected chi connectivity index (χ3v) is 2.64. The van der Waals surface area contributed by atoms with Gasteiger partial charge in [0, 0.05) is 18.4 Å². The van der Waals surface area contributed by atoms with Gasteiger partial charge in [0.15, 0.2) is 0 Å². The molecule has 0 radical (unpaired) electrons. The van der Waals surface area contributed by atoms with Crippen LogP contribution >= 0.6 is 24.0 Å². The predicted octanol–water partition coefficient (Wildman–Crippen LogP) is 3.74. The Hall–Kier alpha value is -0.310. The monoisotopic (exact) mass is 248 g/mol. The van der Waals surface area contributed by atoms with E-state index in [1.807, 2.05) is 6.07 Å². The van der Waals surface area contributed by atoms with Gasteiger partial charge in [-0.1, -0.05) is 37.8 Å². The van der Waals surface area contributed by atoms with Crippen LogP contribution in [0.2, 0.25) is 5.02 Å². The van der Waals surface area contributed by atoms with Gasteiger partial charge in [-0.15, -0.1) is 12.4 Å². The molecule has 1 aromatic heterocycles. The molecule has 0 aliphatic rings. The molecule has 1 atom stereocenters. The number of rotatable bonds is 5. The van der Waals surface area contributed by atoms with Gasteiger partial charge in [0.25, 0.3) is 0 Å². The predicted molar refractivity (Wildman–Crippen MR) is 67.6 cm³/mol. The lowest BCUT2D eigenvalue weighted by Gasteiger charge is -2.12. The molecule has 0 bridgehead atoms. The number of nitrogens with two attached hydrogens (primary N) is 1. The van der Waals surface area contributed by atoms with Crippen LogP contribution in [0, 0.1) is 0 Å². The minimum atomic E-state index is 0. The Morgan fingerprint density at radius 2 is 2.20 bits per heavy atom. The number of nitrogens with zero attached hydrogens (tertiary/aromatic N) is 1. The fraction of sp³-hybridized carbons (Fsp3) is 0.545. The number of pyridine rings is 1. The molecule has 0 aliphatic heterocycles. The Kier molecular flexibility index (Phi) is 7.75. The van der Waals surface area contributed by atoms with Gasteiger partial charge in [0.1, 0.15) is 0 Å². The first-order valence-corrected chi connectivity index (χ1v) is 5.48. The van der Waals surface area contributed by atoms with Crippen LogP contribution in [0.15, 0.2) is 18.5 Å². The van der Waals surface area contributed by atoms with Gasteiger partial charge < -0.3 is 5.73 Å². The van der Waals surface area contributed by atoms with Crippen molar-refractivity contribution < 1.29 is 0 Å². The molecule has 0 unspecified atom stereocenters. The first kappa shape index (κ1) is 14.7. The second-order valence-corrected chi connectivity index (χ2v) is 3.91. The fourth-order valence-corrected chi connectivity index (χ4v) is 1.72. The Balaban J connectivity index is 0.00000196. The van der Waals surface area contributed by atoms with Crippen molar-refractivity contribution in [3.63, 3.8) is 0 Å². The lowest BCUT2D eigenvalue weighted by molar-refractivity contribution is 0.581. The molecule has 2 N–H and O–H groups in total. The van der Waals surface area contributed by atoms with Crippen molar-refractivity contribution in [3.05, 3.63) is 29.0 Å². The molecule has 0 aromatic carbocycles. The molecule has 0 aliphatic carbocycles. The van der Waals surface area contributed by atoms with Crippen LogP contribution in [0.1, 0.15) is 44.2 Å².